The Balaban J connectivity index is 1.70. The van der Waals surface area contributed by atoms with Gasteiger partial charge in [-0.3, -0.25) is 0 Å². The molecule has 1 N–H and O–H groups in total. The van der Waals surface area contributed by atoms with Gasteiger partial charge >= 0.3 is 5.97 Å². The van der Waals surface area contributed by atoms with Crippen LogP contribution in [0, 0.1) is 24.1 Å². The van der Waals surface area contributed by atoms with Gasteiger partial charge in [0.25, 0.3) is 0 Å². The Morgan fingerprint density at radius 2 is 2.07 bits per heavy atom. The average molecular weight is 401 g/mol. The molecular weight excluding hydrogens is 385 g/mol. The molecule has 0 unspecified atom stereocenters. The van der Waals surface area contributed by atoms with Crippen molar-refractivity contribution in [3.8, 4) is 17.4 Å². The van der Waals surface area contributed by atoms with Crippen LogP contribution in [0.1, 0.15) is 27.5 Å². The van der Waals surface area contributed by atoms with Crippen molar-refractivity contribution >= 4 is 28.7 Å². The summed E-state index contributed by atoms with van der Waals surface area (Å²) >= 11 is 0. The summed E-state index contributed by atoms with van der Waals surface area (Å²) in [6, 6.07) is 14.9. The zero-order valence-corrected chi connectivity index (χ0v) is 16.2. The number of aryl methyl sites for hydroxylation is 1. The fraction of sp³-hybridized carbons (Fsp3) is 0.0870. The third kappa shape index (κ3) is 3.59. The summed E-state index contributed by atoms with van der Waals surface area (Å²) in [6.45, 7) is 1.91. The van der Waals surface area contributed by atoms with Crippen molar-refractivity contribution in [3.63, 3.8) is 0 Å². The van der Waals surface area contributed by atoms with Crippen LogP contribution >= 0.6 is 0 Å². The van der Waals surface area contributed by atoms with E-state index in [4.69, 9.17) is 9.15 Å². The van der Waals surface area contributed by atoms with E-state index in [9.17, 15) is 14.4 Å². The topological polar surface area (TPSA) is 91.9 Å². The van der Waals surface area contributed by atoms with Gasteiger partial charge in [-0.25, -0.2) is 14.2 Å². The molecule has 0 saturated carbocycles. The summed E-state index contributed by atoms with van der Waals surface area (Å²) < 4.78 is 24.1. The summed E-state index contributed by atoms with van der Waals surface area (Å²) in [7, 11) is 1.33. The number of methoxy groups -OCH3 is 1. The van der Waals surface area contributed by atoms with Crippen LogP contribution in [0.2, 0.25) is 0 Å². The fourth-order valence-electron chi connectivity index (χ4n) is 3.11. The Bertz CT molecular complexity index is 1340. The molecule has 0 bridgehead atoms. The molecule has 0 aliphatic heterocycles. The van der Waals surface area contributed by atoms with Crippen LogP contribution < -0.4 is 0 Å². The number of rotatable bonds is 4. The van der Waals surface area contributed by atoms with Crippen molar-refractivity contribution in [2.45, 2.75) is 6.92 Å². The molecule has 2 heterocycles. The van der Waals surface area contributed by atoms with Crippen molar-refractivity contribution in [2.24, 2.45) is 0 Å². The molecule has 0 spiro atoms. The molecule has 2 aromatic carbocycles. The lowest BCUT2D eigenvalue weighted by molar-refractivity contribution is 0.0601. The van der Waals surface area contributed by atoms with Crippen LogP contribution in [0.3, 0.4) is 0 Å². The van der Waals surface area contributed by atoms with Gasteiger partial charge in [0.15, 0.2) is 0 Å². The van der Waals surface area contributed by atoms with Crippen LogP contribution in [-0.4, -0.2) is 23.0 Å². The molecule has 0 aliphatic rings. The molecule has 6 nitrogen and oxygen atoms in total. The van der Waals surface area contributed by atoms with E-state index in [2.05, 4.69) is 16.0 Å². The number of allylic oxidation sites excluding steroid dienone is 1. The van der Waals surface area contributed by atoms with Crippen LogP contribution in [0.5, 0.6) is 0 Å². The number of hydrogen-bond acceptors (Lipinski definition) is 5. The van der Waals surface area contributed by atoms with Crippen molar-refractivity contribution in [2.75, 3.05) is 7.11 Å². The Hall–Kier alpha value is -4.18. The number of nitrogens with one attached hydrogen (secondary N) is 1. The highest BCUT2D eigenvalue weighted by atomic mass is 19.1. The van der Waals surface area contributed by atoms with E-state index >= 15 is 0 Å². The van der Waals surface area contributed by atoms with E-state index in [1.54, 1.807) is 36.4 Å². The number of furan rings is 1. The summed E-state index contributed by atoms with van der Waals surface area (Å²) in [4.78, 5) is 19.1. The third-order valence-corrected chi connectivity index (χ3v) is 4.66. The van der Waals surface area contributed by atoms with Crippen LogP contribution in [0.15, 0.2) is 52.9 Å². The van der Waals surface area contributed by atoms with Gasteiger partial charge in [-0.05, 0) is 55.0 Å². The number of hydrogen-bond donors (Lipinski definition) is 1. The number of halogens is 1. The van der Waals surface area contributed by atoms with Gasteiger partial charge in [-0.15, -0.1) is 0 Å². The van der Waals surface area contributed by atoms with Gasteiger partial charge in [-0.1, -0.05) is 6.07 Å². The van der Waals surface area contributed by atoms with E-state index in [1.807, 2.05) is 13.0 Å². The Morgan fingerprint density at radius 3 is 2.83 bits per heavy atom. The Kier molecular flexibility index (Phi) is 4.90. The van der Waals surface area contributed by atoms with Crippen molar-refractivity contribution in [3.05, 3.63) is 77.1 Å². The lowest BCUT2D eigenvalue weighted by Crippen LogP contribution is -2.01. The molecule has 2 aromatic heterocycles. The lowest BCUT2D eigenvalue weighted by atomic mass is 10.0. The number of nitrogens with zero attached hydrogens (tertiary/aromatic N) is 2. The highest BCUT2D eigenvalue weighted by Gasteiger charge is 2.14. The maximum atomic E-state index is 13.4. The van der Waals surface area contributed by atoms with E-state index < -0.39 is 5.97 Å². The lowest BCUT2D eigenvalue weighted by Gasteiger charge is -2.05. The molecular formula is C23H16FN3O3. The normalized spacial score (nSPS) is 11.5. The standard InChI is InChI=1S/C23H16FN3O3/c1-13-3-4-14(23(28)29-2)10-18(13)21-8-6-17(30-21)9-15(12-25)22-26-19-7-5-16(24)11-20(19)27-22/h3-11H,1-2H3,(H,26,27)/b15-9-. The molecule has 7 heteroatoms. The zero-order valence-electron chi connectivity index (χ0n) is 16.2. The number of fused-ring (bicyclic) bond motifs is 1. The molecule has 30 heavy (non-hydrogen) atoms. The largest absolute Gasteiger partial charge is 0.465 e. The number of esters is 1. The van der Waals surface area contributed by atoms with Gasteiger partial charge in [0.2, 0.25) is 0 Å². The van der Waals surface area contributed by atoms with Crippen LogP contribution in [-0.2, 0) is 4.74 Å². The summed E-state index contributed by atoms with van der Waals surface area (Å²) in [6.07, 6.45) is 1.55. The van der Waals surface area contributed by atoms with Crippen molar-refractivity contribution < 1.29 is 18.3 Å². The summed E-state index contributed by atoms with van der Waals surface area (Å²) in [5.41, 5.74) is 3.39. The Morgan fingerprint density at radius 1 is 1.23 bits per heavy atom. The SMILES string of the molecule is COC(=O)c1ccc(C)c(-c2ccc(/C=C(/C#N)c3nc4ccc(F)cc4[nH]3)o2)c1. The first-order valence-electron chi connectivity index (χ1n) is 9.05. The molecule has 4 rings (SSSR count). The maximum absolute atomic E-state index is 13.4. The number of imidazole rings is 1. The second-order valence-electron chi connectivity index (χ2n) is 6.64. The average Bonchev–Trinajstić information content (AvgIpc) is 3.38. The molecule has 0 saturated heterocycles. The van der Waals surface area contributed by atoms with E-state index in [-0.39, 0.29) is 11.4 Å². The van der Waals surface area contributed by atoms with Gasteiger partial charge in [-0.2, -0.15) is 5.26 Å². The van der Waals surface area contributed by atoms with Crippen molar-refractivity contribution in [1.82, 2.24) is 9.97 Å². The van der Waals surface area contributed by atoms with Gasteiger partial charge in [0.05, 0.1) is 29.3 Å². The minimum absolute atomic E-state index is 0.243. The monoisotopic (exact) mass is 401 g/mol. The van der Waals surface area contributed by atoms with Crippen LogP contribution in [0.4, 0.5) is 4.39 Å². The first-order valence-corrected chi connectivity index (χ1v) is 9.05. The molecule has 4 aromatic rings. The second-order valence-corrected chi connectivity index (χ2v) is 6.64. The number of aromatic amines is 1. The predicted octanol–water partition coefficient (Wildman–Crippen LogP) is 5.12. The number of carbonyl (C=O) groups is 1. The first kappa shape index (κ1) is 19.2. The summed E-state index contributed by atoms with van der Waals surface area (Å²) in [5, 5.41) is 9.57. The fourth-order valence-corrected chi connectivity index (χ4v) is 3.11. The number of ether oxygens (including phenoxy) is 1. The predicted molar refractivity (Wildman–Crippen MR) is 110 cm³/mol. The van der Waals surface area contributed by atoms with E-state index in [1.165, 1.54) is 19.2 Å². The molecule has 0 amide bonds. The Labute approximate surface area is 171 Å². The molecule has 0 atom stereocenters. The van der Waals surface area contributed by atoms with E-state index in [0.29, 0.717) is 33.9 Å². The highest BCUT2D eigenvalue weighted by molar-refractivity contribution is 5.92. The molecule has 0 aliphatic carbocycles. The third-order valence-electron chi connectivity index (χ3n) is 4.66. The number of H-pyrrole nitrogens is 1. The van der Waals surface area contributed by atoms with Gasteiger partial charge in [0, 0.05) is 11.6 Å². The van der Waals surface area contributed by atoms with E-state index in [0.717, 1.165) is 11.1 Å². The number of carbonyl (C=O) groups excluding carboxylic acids is 1. The molecule has 0 radical (unpaired) electrons. The number of benzene rings is 2. The summed E-state index contributed by atoms with van der Waals surface area (Å²) in [5.74, 6) is 0.487. The second kappa shape index (κ2) is 7.68. The molecule has 0 fully saturated rings. The molecule has 148 valence electrons. The van der Waals surface area contributed by atoms with Gasteiger partial charge in [0.1, 0.15) is 29.2 Å². The first-order chi connectivity index (χ1) is 14.5. The number of nitriles is 1. The quantitative estimate of drug-likeness (QED) is 0.378. The van der Waals surface area contributed by atoms with Crippen molar-refractivity contribution in [1.29, 1.82) is 5.26 Å². The zero-order chi connectivity index (χ0) is 21.3. The highest BCUT2D eigenvalue weighted by Crippen LogP contribution is 2.29. The van der Waals surface area contributed by atoms with Crippen LogP contribution in [0.25, 0.3) is 34.0 Å². The minimum atomic E-state index is -0.434. The smallest absolute Gasteiger partial charge is 0.337 e. The minimum Gasteiger partial charge on any atom is -0.465 e. The number of aromatic nitrogens is 2. The van der Waals surface area contributed by atoms with Gasteiger partial charge < -0.3 is 14.1 Å². The maximum Gasteiger partial charge on any atom is 0.337 e.